The first-order chi connectivity index (χ1) is 7.84. The highest BCUT2D eigenvalue weighted by molar-refractivity contribution is 5.75. The number of rotatable bonds is 4. The molecule has 1 saturated carbocycles. The van der Waals surface area contributed by atoms with Crippen LogP contribution in [-0.4, -0.2) is 29.8 Å². The molecule has 0 amide bonds. The Kier molecular flexibility index (Phi) is 4.95. The average molecular weight is 243 g/mol. The molecule has 3 N–H and O–H groups in total. The highest BCUT2D eigenvalue weighted by Crippen LogP contribution is 2.39. The standard InChI is InChI=1S/C13H25NO3/c1-9-6-10(8-13(2,3)7-9)17-12(16)11(14)4-5-15/h9-11,15H,4-8,14H2,1-3H3/t9?,10?,11-/m1/s1. The van der Waals surface area contributed by atoms with Crippen LogP contribution in [0.4, 0.5) is 0 Å². The predicted octanol–water partition coefficient (Wildman–Crippen LogP) is 1.45. The molecule has 0 saturated heterocycles. The van der Waals surface area contributed by atoms with Crippen LogP contribution in [0.1, 0.15) is 46.5 Å². The number of esters is 1. The van der Waals surface area contributed by atoms with Crippen LogP contribution in [0.15, 0.2) is 0 Å². The van der Waals surface area contributed by atoms with Crippen LogP contribution >= 0.6 is 0 Å². The van der Waals surface area contributed by atoms with E-state index in [1.54, 1.807) is 0 Å². The van der Waals surface area contributed by atoms with Crippen LogP contribution in [0, 0.1) is 11.3 Å². The fourth-order valence-electron chi connectivity index (χ4n) is 2.86. The molecule has 1 fully saturated rings. The SMILES string of the molecule is CC1CC(OC(=O)[C@H](N)CCO)CC(C)(C)C1. The lowest BCUT2D eigenvalue weighted by Crippen LogP contribution is -2.39. The van der Waals surface area contributed by atoms with Gasteiger partial charge in [-0.15, -0.1) is 0 Å². The van der Waals surface area contributed by atoms with Crippen LogP contribution in [0.3, 0.4) is 0 Å². The Hall–Kier alpha value is -0.610. The zero-order chi connectivity index (χ0) is 13.1. The summed E-state index contributed by atoms with van der Waals surface area (Å²) >= 11 is 0. The van der Waals surface area contributed by atoms with Gasteiger partial charge in [0.15, 0.2) is 0 Å². The molecule has 0 heterocycles. The molecule has 0 bridgehead atoms. The quantitative estimate of drug-likeness (QED) is 0.733. The Morgan fingerprint density at radius 2 is 2.18 bits per heavy atom. The normalized spacial score (nSPS) is 29.7. The van der Waals surface area contributed by atoms with E-state index in [-0.39, 0.29) is 30.5 Å². The first-order valence-electron chi connectivity index (χ1n) is 6.41. The summed E-state index contributed by atoms with van der Waals surface area (Å²) in [5, 5.41) is 8.73. The van der Waals surface area contributed by atoms with E-state index in [0.717, 1.165) is 12.8 Å². The van der Waals surface area contributed by atoms with Gasteiger partial charge in [0.05, 0.1) is 0 Å². The van der Waals surface area contributed by atoms with Crippen molar-refractivity contribution in [3.8, 4) is 0 Å². The van der Waals surface area contributed by atoms with Gasteiger partial charge >= 0.3 is 5.97 Å². The molecule has 0 aliphatic heterocycles. The van der Waals surface area contributed by atoms with Gasteiger partial charge in [-0.1, -0.05) is 20.8 Å². The van der Waals surface area contributed by atoms with E-state index >= 15 is 0 Å². The van der Waals surface area contributed by atoms with Gasteiger partial charge in [0.2, 0.25) is 0 Å². The molecule has 0 aromatic heterocycles. The van der Waals surface area contributed by atoms with Crippen LogP contribution in [-0.2, 0) is 9.53 Å². The summed E-state index contributed by atoms with van der Waals surface area (Å²) in [6, 6.07) is -0.694. The van der Waals surface area contributed by atoms with Crippen molar-refractivity contribution in [3.05, 3.63) is 0 Å². The van der Waals surface area contributed by atoms with Crippen LogP contribution in [0.2, 0.25) is 0 Å². The van der Waals surface area contributed by atoms with Crippen molar-refractivity contribution >= 4 is 5.97 Å². The van der Waals surface area contributed by atoms with E-state index < -0.39 is 6.04 Å². The second-order valence-electron chi connectivity index (χ2n) is 6.09. The number of hydrogen-bond acceptors (Lipinski definition) is 4. The van der Waals surface area contributed by atoms with Crippen molar-refractivity contribution in [2.75, 3.05) is 6.61 Å². The van der Waals surface area contributed by atoms with E-state index in [1.807, 2.05) is 0 Å². The maximum absolute atomic E-state index is 11.7. The van der Waals surface area contributed by atoms with Gasteiger partial charge in [-0.05, 0) is 37.0 Å². The smallest absolute Gasteiger partial charge is 0.323 e. The molecular formula is C13H25NO3. The Labute approximate surface area is 104 Å². The molecule has 1 aliphatic rings. The fraction of sp³-hybridized carbons (Fsp3) is 0.923. The Morgan fingerprint density at radius 3 is 2.71 bits per heavy atom. The number of ether oxygens (including phenoxy) is 1. The minimum atomic E-state index is -0.694. The maximum Gasteiger partial charge on any atom is 0.323 e. The van der Waals surface area contributed by atoms with E-state index in [1.165, 1.54) is 6.42 Å². The molecule has 2 unspecified atom stereocenters. The zero-order valence-corrected chi connectivity index (χ0v) is 11.1. The molecule has 4 heteroatoms. The van der Waals surface area contributed by atoms with Crippen molar-refractivity contribution < 1.29 is 14.6 Å². The molecule has 100 valence electrons. The summed E-state index contributed by atoms with van der Waals surface area (Å²) in [5.41, 5.74) is 5.84. The van der Waals surface area contributed by atoms with Gasteiger partial charge in [-0.25, -0.2) is 0 Å². The summed E-state index contributed by atoms with van der Waals surface area (Å²) in [6.07, 6.45) is 3.23. The predicted molar refractivity (Wildman–Crippen MR) is 66.4 cm³/mol. The van der Waals surface area contributed by atoms with Gasteiger partial charge < -0.3 is 15.6 Å². The van der Waals surface area contributed by atoms with E-state index in [0.29, 0.717) is 5.92 Å². The van der Waals surface area contributed by atoms with Crippen LogP contribution in [0.25, 0.3) is 0 Å². The third kappa shape index (κ3) is 4.64. The molecule has 17 heavy (non-hydrogen) atoms. The second kappa shape index (κ2) is 5.83. The number of aliphatic hydroxyl groups is 1. The second-order valence-corrected chi connectivity index (χ2v) is 6.09. The van der Waals surface area contributed by atoms with Crippen LogP contribution in [0.5, 0.6) is 0 Å². The minimum absolute atomic E-state index is 0.0222. The lowest BCUT2D eigenvalue weighted by molar-refractivity contribution is -0.155. The first-order valence-corrected chi connectivity index (χ1v) is 6.41. The summed E-state index contributed by atoms with van der Waals surface area (Å²) < 4.78 is 5.44. The van der Waals surface area contributed by atoms with E-state index in [4.69, 9.17) is 15.6 Å². The first kappa shape index (κ1) is 14.5. The third-order valence-corrected chi connectivity index (χ3v) is 3.37. The molecule has 0 aromatic rings. The Balaban J connectivity index is 2.48. The summed E-state index contributed by atoms with van der Waals surface area (Å²) in [6.45, 7) is 6.52. The molecule has 1 rings (SSSR count). The fourth-order valence-corrected chi connectivity index (χ4v) is 2.86. The van der Waals surface area contributed by atoms with Gasteiger partial charge in [-0.2, -0.15) is 0 Å². The van der Waals surface area contributed by atoms with Crippen molar-refractivity contribution in [1.82, 2.24) is 0 Å². The number of nitrogens with two attached hydrogens (primary N) is 1. The summed E-state index contributed by atoms with van der Waals surface area (Å²) in [7, 11) is 0. The topological polar surface area (TPSA) is 72.5 Å². The molecule has 3 atom stereocenters. The zero-order valence-electron chi connectivity index (χ0n) is 11.1. The highest BCUT2D eigenvalue weighted by atomic mass is 16.5. The number of carbonyl (C=O) groups is 1. The van der Waals surface area contributed by atoms with Gasteiger partial charge in [-0.3, -0.25) is 4.79 Å². The van der Waals surface area contributed by atoms with Crippen LogP contribution < -0.4 is 5.73 Å². The molecule has 4 nitrogen and oxygen atoms in total. The van der Waals surface area contributed by atoms with Crippen molar-refractivity contribution in [2.24, 2.45) is 17.1 Å². The van der Waals surface area contributed by atoms with Gasteiger partial charge in [0.25, 0.3) is 0 Å². The Morgan fingerprint density at radius 1 is 1.53 bits per heavy atom. The largest absolute Gasteiger partial charge is 0.461 e. The highest BCUT2D eigenvalue weighted by Gasteiger charge is 2.34. The molecule has 0 radical (unpaired) electrons. The summed E-state index contributed by atoms with van der Waals surface area (Å²) in [5.74, 6) is 0.194. The van der Waals surface area contributed by atoms with Gasteiger partial charge in [0, 0.05) is 6.61 Å². The lowest BCUT2D eigenvalue weighted by atomic mass is 9.71. The molecule has 0 spiro atoms. The molecule has 1 aliphatic carbocycles. The number of hydrogen-bond donors (Lipinski definition) is 2. The average Bonchev–Trinajstić information content (AvgIpc) is 2.14. The lowest BCUT2D eigenvalue weighted by Gasteiger charge is -2.38. The third-order valence-electron chi connectivity index (χ3n) is 3.37. The number of aliphatic hydroxyl groups excluding tert-OH is 1. The molecular weight excluding hydrogens is 218 g/mol. The van der Waals surface area contributed by atoms with Crippen molar-refractivity contribution in [3.63, 3.8) is 0 Å². The van der Waals surface area contributed by atoms with Crippen molar-refractivity contribution in [2.45, 2.75) is 58.6 Å². The monoisotopic (exact) mass is 243 g/mol. The summed E-state index contributed by atoms with van der Waals surface area (Å²) in [4.78, 5) is 11.7. The number of carbonyl (C=O) groups excluding carboxylic acids is 1. The van der Waals surface area contributed by atoms with E-state index in [9.17, 15) is 4.79 Å². The Bertz CT molecular complexity index is 265. The maximum atomic E-state index is 11.7. The minimum Gasteiger partial charge on any atom is -0.461 e. The van der Waals surface area contributed by atoms with Crippen molar-refractivity contribution in [1.29, 1.82) is 0 Å². The van der Waals surface area contributed by atoms with Gasteiger partial charge in [0.1, 0.15) is 12.1 Å². The van der Waals surface area contributed by atoms with E-state index in [2.05, 4.69) is 20.8 Å². The molecule has 0 aromatic carbocycles.